The highest BCUT2D eigenvalue weighted by atomic mass is 32.2. The third-order valence-corrected chi connectivity index (χ3v) is 7.03. The van der Waals surface area contributed by atoms with Crippen LogP contribution in [0.5, 0.6) is 0 Å². The molecule has 9 heteroatoms. The number of hydrogen-bond acceptors (Lipinski definition) is 5. The van der Waals surface area contributed by atoms with Crippen LogP contribution < -0.4 is 11.0 Å². The summed E-state index contributed by atoms with van der Waals surface area (Å²) in [6.07, 6.45) is 4.42. The first-order chi connectivity index (χ1) is 15.5. The Morgan fingerprint density at radius 1 is 1.28 bits per heavy atom. The molecule has 1 aromatic carbocycles. The second kappa shape index (κ2) is 9.49. The molecule has 2 N–H and O–H groups in total. The van der Waals surface area contributed by atoms with Crippen molar-refractivity contribution < 1.29 is 4.79 Å². The van der Waals surface area contributed by atoms with Crippen LogP contribution in [0.4, 0.5) is 5.82 Å². The number of carbonyl (C=O) groups excluding carboxylic acids is 1. The average Bonchev–Trinajstić information content (AvgIpc) is 3.49. The van der Waals surface area contributed by atoms with Gasteiger partial charge in [-0.05, 0) is 37.8 Å². The predicted molar refractivity (Wildman–Crippen MR) is 124 cm³/mol. The van der Waals surface area contributed by atoms with E-state index in [9.17, 15) is 14.9 Å². The largest absolute Gasteiger partial charge is 0.344 e. The zero-order chi connectivity index (χ0) is 22.7. The van der Waals surface area contributed by atoms with Gasteiger partial charge < -0.3 is 9.88 Å². The maximum absolute atomic E-state index is 12.8. The van der Waals surface area contributed by atoms with E-state index in [0.717, 1.165) is 42.5 Å². The van der Waals surface area contributed by atoms with E-state index < -0.39 is 0 Å². The van der Waals surface area contributed by atoms with Gasteiger partial charge in [0.2, 0.25) is 5.91 Å². The first-order valence-electron chi connectivity index (χ1n) is 10.7. The number of rotatable bonds is 7. The Labute approximate surface area is 190 Å². The van der Waals surface area contributed by atoms with E-state index in [2.05, 4.69) is 26.2 Å². The minimum atomic E-state index is -0.315. The van der Waals surface area contributed by atoms with E-state index in [1.165, 1.54) is 16.3 Å². The van der Waals surface area contributed by atoms with Gasteiger partial charge >= 0.3 is 5.69 Å². The van der Waals surface area contributed by atoms with Crippen LogP contribution in [0.15, 0.2) is 40.3 Å². The Hall–Kier alpha value is -3.25. The Kier molecular flexibility index (Phi) is 6.51. The number of nitrogens with one attached hydrogen (secondary N) is 2. The van der Waals surface area contributed by atoms with Gasteiger partial charge in [-0.25, -0.2) is 9.89 Å². The molecule has 4 rings (SSSR count). The standard InChI is InChI=1S/C23H26N6O2S/c1-15-16(2)29(18-10-6-7-11-18)21(19(15)12-24)25-20(30)14-32-23-27-26-22(31)28(23)13-17-8-4-3-5-9-17/h3-5,8-9,18H,6-7,10-11,13-14H2,1-2H3,(H,25,30)(H,26,31). The molecule has 0 saturated heterocycles. The number of hydrogen-bond donors (Lipinski definition) is 2. The third kappa shape index (κ3) is 4.36. The monoisotopic (exact) mass is 450 g/mol. The highest BCUT2D eigenvalue weighted by Gasteiger charge is 2.26. The van der Waals surface area contributed by atoms with Crippen molar-refractivity contribution in [3.8, 4) is 6.07 Å². The summed E-state index contributed by atoms with van der Waals surface area (Å²) < 4.78 is 3.65. The Bertz CT molecular complexity index is 1210. The van der Waals surface area contributed by atoms with E-state index in [1.807, 2.05) is 44.2 Å². The number of nitriles is 1. The number of amides is 1. The smallest absolute Gasteiger partial charge is 0.327 e. The van der Waals surface area contributed by atoms with Crippen molar-refractivity contribution in [2.45, 2.75) is 57.3 Å². The number of carbonyl (C=O) groups is 1. The van der Waals surface area contributed by atoms with Crippen LogP contribution in [0.1, 0.15) is 54.1 Å². The van der Waals surface area contributed by atoms with E-state index in [4.69, 9.17) is 0 Å². The van der Waals surface area contributed by atoms with Crippen molar-refractivity contribution in [1.82, 2.24) is 19.3 Å². The van der Waals surface area contributed by atoms with Crippen LogP contribution in [-0.2, 0) is 11.3 Å². The first-order valence-corrected chi connectivity index (χ1v) is 11.7. The number of H-pyrrole nitrogens is 1. The summed E-state index contributed by atoms with van der Waals surface area (Å²) >= 11 is 1.19. The van der Waals surface area contributed by atoms with Crippen molar-refractivity contribution in [2.75, 3.05) is 11.1 Å². The van der Waals surface area contributed by atoms with Crippen LogP contribution in [0, 0.1) is 25.2 Å². The molecule has 0 radical (unpaired) electrons. The summed E-state index contributed by atoms with van der Waals surface area (Å²) in [6, 6.07) is 12.2. The number of anilines is 1. The molecule has 2 heterocycles. The highest BCUT2D eigenvalue weighted by Crippen LogP contribution is 2.37. The zero-order valence-electron chi connectivity index (χ0n) is 18.2. The molecule has 166 valence electrons. The summed E-state index contributed by atoms with van der Waals surface area (Å²) in [6.45, 7) is 4.31. The predicted octanol–water partition coefficient (Wildman–Crippen LogP) is 3.76. The molecule has 8 nitrogen and oxygen atoms in total. The minimum absolute atomic E-state index is 0.0812. The zero-order valence-corrected chi connectivity index (χ0v) is 19.0. The van der Waals surface area contributed by atoms with Crippen molar-refractivity contribution in [3.63, 3.8) is 0 Å². The molecule has 1 amide bonds. The van der Waals surface area contributed by atoms with E-state index in [0.29, 0.717) is 29.1 Å². The molecule has 1 aliphatic rings. The molecule has 0 atom stereocenters. The van der Waals surface area contributed by atoms with Gasteiger partial charge in [-0.3, -0.25) is 9.36 Å². The van der Waals surface area contributed by atoms with E-state index in [-0.39, 0.29) is 17.3 Å². The van der Waals surface area contributed by atoms with Crippen LogP contribution in [0.25, 0.3) is 0 Å². The van der Waals surface area contributed by atoms with Gasteiger partial charge in [0.05, 0.1) is 17.9 Å². The SMILES string of the molecule is Cc1c(C#N)c(NC(=O)CSc2n[nH]c(=O)n2Cc2ccccc2)n(C2CCCC2)c1C. The summed E-state index contributed by atoms with van der Waals surface area (Å²) in [4.78, 5) is 25.0. The number of aromatic amines is 1. The van der Waals surface area contributed by atoms with Crippen LogP contribution in [0.3, 0.4) is 0 Å². The Balaban J connectivity index is 1.50. The normalized spacial score (nSPS) is 13.9. The van der Waals surface area contributed by atoms with Crippen LogP contribution in [-0.4, -0.2) is 31.0 Å². The molecule has 3 aromatic rings. The van der Waals surface area contributed by atoms with Crippen molar-refractivity contribution in [2.24, 2.45) is 0 Å². The van der Waals surface area contributed by atoms with Crippen LogP contribution >= 0.6 is 11.8 Å². The molecule has 32 heavy (non-hydrogen) atoms. The fourth-order valence-corrected chi connectivity index (χ4v) is 5.07. The molecule has 1 fully saturated rings. The average molecular weight is 451 g/mol. The topological polar surface area (TPSA) is 108 Å². The van der Waals surface area contributed by atoms with Gasteiger partial charge in [0.15, 0.2) is 5.16 Å². The maximum atomic E-state index is 12.8. The van der Waals surface area contributed by atoms with Gasteiger partial charge in [0.1, 0.15) is 11.9 Å². The first kappa shape index (κ1) is 22.0. The third-order valence-electron chi connectivity index (χ3n) is 6.06. The van der Waals surface area contributed by atoms with Crippen molar-refractivity contribution in [1.29, 1.82) is 5.26 Å². The number of thioether (sulfide) groups is 1. The van der Waals surface area contributed by atoms with E-state index in [1.54, 1.807) is 0 Å². The highest BCUT2D eigenvalue weighted by molar-refractivity contribution is 7.99. The summed E-state index contributed by atoms with van der Waals surface area (Å²) in [7, 11) is 0. The van der Waals surface area contributed by atoms with Gasteiger partial charge in [-0.2, -0.15) is 5.26 Å². The molecule has 1 aliphatic carbocycles. The molecule has 0 bridgehead atoms. The Morgan fingerprint density at radius 2 is 2.00 bits per heavy atom. The molecule has 0 spiro atoms. The fourth-order valence-electron chi connectivity index (χ4n) is 4.32. The molecule has 1 saturated carbocycles. The van der Waals surface area contributed by atoms with Gasteiger partial charge in [-0.1, -0.05) is 54.9 Å². The Morgan fingerprint density at radius 3 is 2.69 bits per heavy atom. The molecular weight excluding hydrogens is 424 g/mol. The number of nitrogens with zero attached hydrogens (tertiary/aromatic N) is 4. The lowest BCUT2D eigenvalue weighted by Gasteiger charge is -2.19. The minimum Gasteiger partial charge on any atom is -0.327 e. The second-order valence-electron chi connectivity index (χ2n) is 8.07. The maximum Gasteiger partial charge on any atom is 0.344 e. The number of benzene rings is 1. The lowest BCUT2D eigenvalue weighted by atomic mass is 10.2. The fraction of sp³-hybridized carbons (Fsp3) is 0.391. The lowest BCUT2D eigenvalue weighted by molar-refractivity contribution is -0.113. The quantitative estimate of drug-likeness (QED) is 0.533. The van der Waals surface area contributed by atoms with Crippen LogP contribution in [0.2, 0.25) is 0 Å². The second-order valence-corrected chi connectivity index (χ2v) is 9.02. The molecule has 2 aromatic heterocycles. The molecular formula is C23H26N6O2S. The summed E-state index contributed by atoms with van der Waals surface area (Å²) in [5.74, 6) is 0.436. The summed E-state index contributed by atoms with van der Waals surface area (Å²) in [5, 5.41) is 19.7. The lowest BCUT2D eigenvalue weighted by Crippen LogP contribution is -2.21. The summed E-state index contributed by atoms with van der Waals surface area (Å²) in [5.41, 5.74) is 3.12. The van der Waals surface area contributed by atoms with E-state index >= 15 is 0 Å². The van der Waals surface area contributed by atoms with Crippen molar-refractivity contribution in [3.05, 3.63) is 63.2 Å². The van der Waals surface area contributed by atoms with Gasteiger partial charge in [0, 0.05) is 11.7 Å². The van der Waals surface area contributed by atoms with Crippen molar-refractivity contribution >= 4 is 23.5 Å². The molecule has 0 unspecified atom stereocenters. The van der Waals surface area contributed by atoms with Gasteiger partial charge in [0.25, 0.3) is 0 Å². The number of aromatic nitrogens is 4. The van der Waals surface area contributed by atoms with Gasteiger partial charge in [-0.15, -0.1) is 5.10 Å². The molecule has 0 aliphatic heterocycles.